The van der Waals surface area contributed by atoms with Crippen LogP contribution in [0.3, 0.4) is 0 Å². The quantitative estimate of drug-likeness (QED) is 0.513. The van der Waals surface area contributed by atoms with Crippen LogP contribution in [0.2, 0.25) is 5.02 Å². The molecule has 1 N–H and O–H groups in total. The molecule has 1 saturated heterocycles. The molecule has 1 fully saturated rings. The second-order valence-electron chi connectivity index (χ2n) is 5.52. The van der Waals surface area contributed by atoms with Gasteiger partial charge in [-0.15, -0.1) is 11.8 Å². The topological polar surface area (TPSA) is 59.3 Å². The fourth-order valence-corrected chi connectivity index (χ4v) is 4.18. The lowest BCUT2D eigenvalue weighted by atomic mass is 10.2. The summed E-state index contributed by atoms with van der Waals surface area (Å²) in [7, 11) is 0. The van der Waals surface area contributed by atoms with Crippen LogP contribution in [-0.4, -0.2) is 25.0 Å². The Morgan fingerprint density at radius 2 is 2.28 bits per heavy atom. The Morgan fingerprint density at radius 3 is 3.04 bits per heavy atom. The summed E-state index contributed by atoms with van der Waals surface area (Å²) in [4.78, 5) is 17.3. The predicted octanol–water partition coefficient (Wildman–Crippen LogP) is 4.43. The van der Waals surface area contributed by atoms with Crippen molar-refractivity contribution in [1.82, 2.24) is 14.6 Å². The summed E-state index contributed by atoms with van der Waals surface area (Å²) in [6, 6.07) is 9.26. The van der Waals surface area contributed by atoms with Gasteiger partial charge < -0.3 is 5.32 Å². The van der Waals surface area contributed by atoms with Crippen molar-refractivity contribution in [3.05, 3.63) is 58.2 Å². The Hall–Kier alpha value is -1.96. The number of Topliss-reactive ketones (excluding diaryl/α,β-unsaturated/α-hetero) is 1. The van der Waals surface area contributed by atoms with Crippen molar-refractivity contribution >= 4 is 65.0 Å². The highest BCUT2D eigenvalue weighted by Gasteiger charge is 2.25. The van der Waals surface area contributed by atoms with E-state index in [9.17, 15) is 4.79 Å². The minimum atomic E-state index is 0.0219. The normalized spacial score (nSPS) is 19.0. The number of carbonyl (C=O) groups excluding carboxylic acids is 1. The molecule has 0 bridgehead atoms. The van der Waals surface area contributed by atoms with Gasteiger partial charge in [0, 0.05) is 28.9 Å². The molecule has 0 radical (unpaired) electrons. The highest BCUT2D eigenvalue weighted by atomic mass is 35.5. The molecule has 2 aromatic heterocycles. The third kappa shape index (κ3) is 3.53. The molecule has 1 aliphatic rings. The first-order valence-corrected chi connectivity index (χ1v) is 9.32. The smallest absolute Gasteiger partial charge is 0.171 e. The number of aromatic nitrogens is 3. The summed E-state index contributed by atoms with van der Waals surface area (Å²) >= 11 is 11.8. The van der Waals surface area contributed by atoms with Crippen LogP contribution < -0.4 is 5.32 Å². The molecular formula is C17H13ClN4OS2. The van der Waals surface area contributed by atoms with Gasteiger partial charge in [0.25, 0.3) is 0 Å². The largest absolute Gasteiger partial charge is 0.340 e. The van der Waals surface area contributed by atoms with Crippen LogP contribution in [0, 0.1) is 0 Å². The summed E-state index contributed by atoms with van der Waals surface area (Å²) in [6.07, 6.45) is 5.82. The van der Waals surface area contributed by atoms with E-state index in [-0.39, 0.29) is 10.4 Å². The molecule has 1 aliphatic heterocycles. The molecule has 5 nitrogen and oxygen atoms in total. The van der Waals surface area contributed by atoms with Gasteiger partial charge in [-0.1, -0.05) is 17.7 Å². The number of nitrogens with zero attached hydrogens (tertiary/aromatic N) is 3. The van der Waals surface area contributed by atoms with E-state index in [2.05, 4.69) is 28.0 Å². The van der Waals surface area contributed by atoms with E-state index in [0.29, 0.717) is 27.8 Å². The monoisotopic (exact) mass is 388 g/mol. The average Bonchev–Trinajstić information content (AvgIpc) is 3.11. The first kappa shape index (κ1) is 16.5. The number of fused-ring (bicyclic) bond motifs is 1. The summed E-state index contributed by atoms with van der Waals surface area (Å²) < 4.78 is 1.70. The number of carbonyl (C=O) groups is 1. The van der Waals surface area contributed by atoms with E-state index < -0.39 is 0 Å². The highest BCUT2D eigenvalue weighted by Crippen LogP contribution is 2.37. The molecule has 126 valence electrons. The summed E-state index contributed by atoms with van der Waals surface area (Å²) in [5, 5.41) is 8.16. The fourth-order valence-electron chi connectivity index (χ4n) is 2.54. The minimum absolute atomic E-state index is 0.0219. The lowest BCUT2D eigenvalue weighted by Gasteiger charge is -2.06. The highest BCUT2D eigenvalue weighted by molar-refractivity contribution is 8.14. The van der Waals surface area contributed by atoms with E-state index in [4.69, 9.17) is 11.6 Å². The van der Waals surface area contributed by atoms with Crippen molar-refractivity contribution in [2.75, 3.05) is 5.32 Å². The Morgan fingerprint density at radius 1 is 1.40 bits per heavy atom. The third-order valence-electron chi connectivity index (χ3n) is 3.68. The number of thiol groups is 1. The van der Waals surface area contributed by atoms with E-state index in [0.717, 1.165) is 11.3 Å². The van der Waals surface area contributed by atoms with E-state index >= 15 is 0 Å². The van der Waals surface area contributed by atoms with Gasteiger partial charge in [0.2, 0.25) is 0 Å². The van der Waals surface area contributed by atoms with Crippen molar-refractivity contribution in [3.8, 4) is 0 Å². The molecule has 0 spiro atoms. The van der Waals surface area contributed by atoms with Crippen LogP contribution in [0.4, 0.5) is 11.5 Å². The van der Waals surface area contributed by atoms with E-state index in [1.807, 2.05) is 42.6 Å². The van der Waals surface area contributed by atoms with Crippen LogP contribution >= 0.6 is 36.0 Å². The molecule has 4 rings (SSSR count). The molecule has 3 heterocycles. The number of rotatable bonds is 3. The van der Waals surface area contributed by atoms with Crippen molar-refractivity contribution in [2.24, 2.45) is 0 Å². The second-order valence-corrected chi connectivity index (χ2v) is 8.18. The Labute approximate surface area is 158 Å². The fraction of sp³-hybridized carbons (Fsp3) is 0.118. The number of hydrogen-bond donors (Lipinski definition) is 2. The second kappa shape index (κ2) is 6.74. The molecule has 25 heavy (non-hydrogen) atoms. The predicted molar refractivity (Wildman–Crippen MR) is 106 cm³/mol. The van der Waals surface area contributed by atoms with Crippen molar-refractivity contribution < 1.29 is 4.79 Å². The van der Waals surface area contributed by atoms with Crippen LogP contribution in [0.15, 0.2) is 47.6 Å². The Bertz CT molecular complexity index is 1000. The maximum atomic E-state index is 12.0. The van der Waals surface area contributed by atoms with Crippen LogP contribution in [0.25, 0.3) is 11.7 Å². The van der Waals surface area contributed by atoms with Crippen molar-refractivity contribution in [3.63, 3.8) is 0 Å². The molecule has 0 saturated carbocycles. The Balaban J connectivity index is 1.68. The summed E-state index contributed by atoms with van der Waals surface area (Å²) in [5.74, 6) is 0.782. The Kier molecular flexibility index (Phi) is 4.45. The van der Waals surface area contributed by atoms with Crippen molar-refractivity contribution in [1.29, 1.82) is 0 Å². The van der Waals surface area contributed by atoms with Gasteiger partial charge in [0.05, 0.1) is 15.7 Å². The van der Waals surface area contributed by atoms with Crippen LogP contribution in [-0.2, 0) is 4.79 Å². The molecule has 1 atom stereocenters. The molecular weight excluding hydrogens is 376 g/mol. The van der Waals surface area contributed by atoms with Gasteiger partial charge in [0.1, 0.15) is 5.82 Å². The maximum absolute atomic E-state index is 12.0. The van der Waals surface area contributed by atoms with Gasteiger partial charge >= 0.3 is 0 Å². The maximum Gasteiger partial charge on any atom is 0.171 e. The standard InChI is InChI=1S/C17H13ClN4OS2/c18-11-2-1-3-12(7-11)20-15-4-5-22-17(21-15)10(9-19-22)6-14-13(23)8-16(24)25-14/h1-7,9,16,24H,8H2,(H,20,21)/b14-6+. The van der Waals surface area contributed by atoms with Crippen LogP contribution in [0.1, 0.15) is 12.0 Å². The van der Waals surface area contributed by atoms with Gasteiger partial charge in [0.15, 0.2) is 11.4 Å². The molecule has 1 unspecified atom stereocenters. The number of anilines is 2. The minimum Gasteiger partial charge on any atom is -0.340 e. The lowest BCUT2D eigenvalue weighted by molar-refractivity contribution is -0.114. The SMILES string of the molecule is O=C1CC(S)S/C1=C/c1cnn2ccc(Nc3cccc(Cl)c3)nc12. The number of allylic oxidation sites excluding steroid dienone is 1. The molecule has 0 amide bonds. The molecule has 3 aromatic rings. The summed E-state index contributed by atoms with van der Waals surface area (Å²) in [5.41, 5.74) is 2.33. The zero-order chi connectivity index (χ0) is 17.4. The first-order chi connectivity index (χ1) is 12.1. The molecule has 8 heteroatoms. The van der Waals surface area contributed by atoms with Gasteiger partial charge in [-0.25, -0.2) is 9.50 Å². The zero-order valence-corrected chi connectivity index (χ0v) is 15.4. The lowest BCUT2D eigenvalue weighted by Crippen LogP contribution is -1.97. The zero-order valence-electron chi connectivity index (χ0n) is 12.9. The van der Waals surface area contributed by atoms with E-state index in [1.54, 1.807) is 10.7 Å². The average molecular weight is 389 g/mol. The number of nitrogens with one attached hydrogen (secondary N) is 1. The number of hydrogen-bond acceptors (Lipinski definition) is 6. The molecule has 0 aliphatic carbocycles. The van der Waals surface area contributed by atoms with E-state index in [1.165, 1.54) is 11.8 Å². The number of thioether (sulfide) groups is 1. The van der Waals surface area contributed by atoms with Crippen molar-refractivity contribution in [2.45, 2.75) is 11.0 Å². The number of halogens is 1. The van der Waals surface area contributed by atoms with Gasteiger partial charge in [-0.2, -0.15) is 17.7 Å². The summed E-state index contributed by atoms with van der Waals surface area (Å²) in [6.45, 7) is 0. The van der Waals surface area contributed by atoms with Gasteiger partial charge in [-0.3, -0.25) is 4.79 Å². The number of ketones is 1. The first-order valence-electron chi connectivity index (χ1n) is 7.55. The van der Waals surface area contributed by atoms with Crippen LogP contribution in [0.5, 0.6) is 0 Å². The number of benzene rings is 1. The van der Waals surface area contributed by atoms with Gasteiger partial charge in [-0.05, 0) is 30.3 Å². The molecule has 1 aromatic carbocycles. The third-order valence-corrected chi connectivity index (χ3v) is 5.45.